The zero-order valence-corrected chi connectivity index (χ0v) is 12.1. The Kier molecular flexibility index (Phi) is 4.17. The van der Waals surface area contributed by atoms with Crippen LogP contribution in [0.3, 0.4) is 0 Å². The van der Waals surface area contributed by atoms with E-state index in [1.54, 1.807) is 0 Å². The number of hydrogen-bond acceptors (Lipinski definition) is 2. The van der Waals surface area contributed by atoms with Crippen molar-refractivity contribution in [1.82, 2.24) is 0 Å². The fraction of sp³-hybridized carbons (Fsp3) is 0.625. The molecule has 0 aromatic heterocycles. The molecule has 0 radical (unpaired) electrons. The molecule has 0 aliphatic heterocycles. The highest BCUT2D eigenvalue weighted by Crippen LogP contribution is 2.51. The highest BCUT2D eigenvalue weighted by molar-refractivity contribution is 5.23. The molecule has 1 atom stereocenters. The number of rotatable bonds is 3. The second-order valence-corrected chi connectivity index (χ2v) is 6.78. The predicted octanol–water partition coefficient (Wildman–Crippen LogP) is 3.54. The molecular weight excluding hydrogens is 260 g/mol. The van der Waals surface area contributed by atoms with E-state index in [1.165, 1.54) is 12.1 Å². The molecule has 20 heavy (non-hydrogen) atoms. The molecule has 3 N–H and O–H groups in total. The van der Waals surface area contributed by atoms with Gasteiger partial charge in [-0.3, -0.25) is 0 Å². The fourth-order valence-electron chi connectivity index (χ4n) is 3.08. The number of nitrogens with two attached hydrogens (primary N) is 1. The van der Waals surface area contributed by atoms with E-state index >= 15 is 0 Å². The van der Waals surface area contributed by atoms with Crippen LogP contribution in [0.15, 0.2) is 18.2 Å². The molecule has 0 bridgehead atoms. The van der Waals surface area contributed by atoms with Crippen molar-refractivity contribution < 1.29 is 13.9 Å². The number of aliphatic hydroxyl groups excluding tert-OH is 1. The van der Waals surface area contributed by atoms with E-state index in [9.17, 15) is 13.9 Å². The summed E-state index contributed by atoms with van der Waals surface area (Å²) in [4.78, 5) is 0. The van der Waals surface area contributed by atoms with Crippen molar-refractivity contribution in [2.75, 3.05) is 6.54 Å². The first-order valence-electron chi connectivity index (χ1n) is 7.13. The SMILES string of the molecule is CC1(C)CCC(CN)(C(O)c2cccc(F)c2F)CC1. The molecule has 0 saturated heterocycles. The quantitative estimate of drug-likeness (QED) is 0.891. The number of benzene rings is 1. The summed E-state index contributed by atoms with van der Waals surface area (Å²) in [6.07, 6.45) is 2.26. The summed E-state index contributed by atoms with van der Waals surface area (Å²) in [5.41, 5.74) is 5.57. The second-order valence-electron chi connectivity index (χ2n) is 6.78. The van der Waals surface area contributed by atoms with E-state index in [-0.39, 0.29) is 17.5 Å². The van der Waals surface area contributed by atoms with Gasteiger partial charge in [-0.05, 0) is 37.2 Å². The molecule has 0 amide bonds. The van der Waals surface area contributed by atoms with Gasteiger partial charge in [-0.1, -0.05) is 26.0 Å². The molecule has 1 fully saturated rings. The number of hydrogen-bond donors (Lipinski definition) is 2. The monoisotopic (exact) mass is 283 g/mol. The summed E-state index contributed by atoms with van der Waals surface area (Å²) >= 11 is 0. The molecule has 1 unspecified atom stereocenters. The molecular formula is C16H23F2NO. The summed E-state index contributed by atoms with van der Waals surface area (Å²) in [7, 11) is 0. The Morgan fingerprint density at radius 1 is 1.20 bits per heavy atom. The van der Waals surface area contributed by atoms with Crippen molar-refractivity contribution in [1.29, 1.82) is 0 Å². The molecule has 1 saturated carbocycles. The topological polar surface area (TPSA) is 46.2 Å². The van der Waals surface area contributed by atoms with Crippen molar-refractivity contribution in [3.63, 3.8) is 0 Å². The third-order valence-electron chi connectivity index (χ3n) is 4.86. The highest BCUT2D eigenvalue weighted by atomic mass is 19.2. The van der Waals surface area contributed by atoms with Crippen LogP contribution in [0.4, 0.5) is 8.78 Å². The lowest BCUT2D eigenvalue weighted by Crippen LogP contribution is -2.42. The van der Waals surface area contributed by atoms with Gasteiger partial charge >= 0.3 is 0 Å². The first-order chi connectivity index (χ1) is 9.31. The predicted molar refractivity (Wildman–Crippen MR) is 75.1 cm³/mol. The Hall–Kier alpha value is -1.00. The summed E-state index contributed by atoms with van der Waals surface area (Å²) < 4.78 is 27.2. The van der Waals surface area contributed by atoms with Crippen LogP contribution in [-0.4, -0.2) is 11.7 Å². The Labute approximate surface area is 119 Å². The Morgan fingerprint density at radius 3 is 2.35 bits per heavy atom. The molecule has 1 aliphatic rings. The van der Waals surface area contributed by atoms with Gasteiger partial charge < -0.3 is 10.8 Å². The maximum Gasteiger partial charge on any atom is 0.164 e. The smallest absolute Gasteiger partial charge is 0.164 e. The molecule has 2 nitrogen and oxygen atoms in total. The average molecular weight is 283 g/mol. The zero-order chi connectivity index (χ0) is 15.0. The van der Waals surface area contributed by atoms with Gasteiger partial charge in [0, 0.05) is 17.5 Å². The van der Waals surface area contributed by atoms with Crippen molar-refractivity contribution in [3.8, 4) is 0 Å². The minimum Gasteiger partial charge on any atom is -0.388 e. The molecule has 1 aliphatic carbocycles. The second kappa shape index (κ2) is 5.41. The standard InChI is InChI=1S/C16H23F2NO/c1-15(2)6-8-16(10-19,9-7-15)14(20)11-4-3-5-12(17)13(11)18/h3-5,14,20H,6-10,19H2,1-2H3. The number of aliphatic hydroxyl groups is 1. The first kappa shape index (κ1) is 15.4. The average Bonchev–Trinajstić information content (AvgIpc) is 2.42. The van der Waals surface area contributed by atoms with Gasteiger partial charge in [0.25, 0.3) is 0 Å². The third-order valence-corrected chi connectivity index (χ3v) is 4.86. The molecule has 4 heteroatoms. The van der Waals surface area contributed by atoms with Crippen LogP contribution in [0.5, 0.6) is 0 Å². The van der Waals surface area contributed by atoms with Gasteiger partial charge in [0.05, 0.1) is 6.10 Å². The lowest BCUT2D eigenvalue weighted by Gasteiger charge is -2.45. The van der Waals surface area contributed by atoms with Gasteiger partial charge in [0.2, 0.25) is 0 Å². The Morgan fingerprint density at radius 2 is 1.80 bits per heavy atom. The van der Waals surface area contributed by atoms with E-state index in [2.05, 4.69) is 13.8 Å². The molecule has 1 aromatic carbocycles. The largest absolute Gasteiger partial charge is 0.388 e. The van der Waals surface area contributed by atoms with Crippen LogP contribution in [0.25, 0.3) is 0 Å². The highest BCUT2D eigenvalue weighted by Gasteiger charge is 2.43. The zero-order valence-electron chi connectivity index (χ0n) is 12.1. The normalized spacial score (nSPS) is 22.5. The first-order valence-corrected chi connectivity index (χ1v) is 7.13. The van der Waals surface area contributed by atoms with E-state index in [4.69, 9.17) is 5.73 Å². The number of halogens is 2. The molecule has 2 rings (SSSR count). The van der Waals surface area contributed by atoms with E-state index in [0.717, 1.165) is 31.7 Å². The molecule has 0 heterocycles. The van der Waals surface area contributed by atoms with Crippen molar-refractivity contribution in [2.24, 2.45) is 16.6 Å². The van der Waals surface area contributed by atoms with Crippen LogP contribution >= 0.6 is 0 Å². The Balaban J connectivity index is 2.30. The third kappa shape index (κ3) is 2.72. The van der Waals surface area contributed by atoms with Crippen LogP contribution in [0.1, 0.15) is 51.2 Å². The summed E-state index contributed by atoms with van der Waals surface area (Å²) in [6, 6.07) is 3.93. The van der Waals surface area contributed by atoms with Crippen molar-refractivity contribution >= 4 is 0 Å². The molecule has 1 aromatic rings. The maximum atomic E-state index is 13.9. The van der Waals surface area contributed by atoms with Gasteiger partial charge in [-0.2, -0.15) is 0 Å². The molecule has 112 valence electrons. The van der Waals surface area contributed by atoms with E-state index in [1.807, 2.05) is 0 Å². The summed E-state index contributed by atoms with van der Waals surface area (Å²) in [5, 5.41) is 10.6. The minimum atomic E-state index is -1.06. The van der Waals surface area contributed by atoms with Crippen LogP contribution in [0, 0.1) is 22.5 Å². The Bertz CT molecular complexity index is 477. The fourth-order valence-corrected chi connectivity index (χ4v) is 3.08. The summed E-state index contributed by atoms with van der Waals surface area (Å²) in [6.45, 7) is 4.64. The van der Waals surface area contributed by atoms with Gasteiger partial charge in [-0.25, -0.2) is 8.78 Å². The van der Waals surface area contributed by atoms with Crippen LogP contribution in [0.2, 0.25) is 0 Å². The van der Waals surface area contributed by atoms with Gasteiger partial charge in [0.15, 0.2) is 11.6 Å². The lowest BCUT2D eigenvalue weighted by atomic mass is 9.62. The van der Waals surface area contributed by atoms with Gasteiger partial charge in [0.1, 0.15) is 0 Å². The maximum absolute atomic E-state index is 13.9. The van der Waals surface area contributed by atoms with Gasteiger partial charge in [-0.15, -0.1) is 0 Å². The minimum absolute atomic E-state index is 0.0233. The lowest BCUT2D eigenvalue weighted by molar-refractivity contribution is -0.0256. The van der Waals surface area contributed by atoms with E-state index < -0.39 is 23.2 Å². The van der Waals surface area contributed by atoms with Crippen molar-refractivity contribution in [3.05, 3.63) is 35.4 Å². The van der Waals surface area contributed by atoms with E-state index in [0.29, 0.717) is 0 Å². The van der Waals surface area contributed by atoms with Crippen LogP contribution < -0.4 is 5.73 Å². The molecule has 0 spiro atoms. The van der Waals surface area contributed by atoms with Crippen molar-refractivity contribution in [2.45, 2.75) is 45.6 Å². The summed E-state index contributed by atoms with van der Waals surface area (Å²) in [5.74, 6) is -1.89. The van der Waals surface area contributed by atoms with Crippen LogP contribution in [-0.2, 0) is 0 Å².